The van der Waals surface area contributed by atoms with Gasteiger partial charge in [0.05, 0.1) is 9.97 Å². The van der Waals surface area contributed by atoms with Gasteiger partial charge in [0.15, 0.2) is 5.78 Å². The predicted molar refractivity (Wildman–Crippen MR) is 63.2 cm³/mol. The summed E-state index contributed by atoms with van der Waals surface area (Å²) in [5.41, 5.74) is 0. The third kappa shape index (κ3) is 2.65. The van der Waals surface area contributed by atoms with Crippen molar-refractivity contribution in [1.29, 1.82) is 0 Å². The largest absolute Gasteiger partial charge is 0.307 e. The third-order valence-corrected chi connectivity index (χ3v) is 3.44. The molecule has 0 aromatic heterocycles. The number of carbonyl (C=O) groups is 1. The quantitative estimate of drug-likeness (QED) is 0.637. The Balaban J connectivity index is 2.63. The van der Waals surface area contributed by atoms with Crippen molar-refractivity contribution in [3.05, 3.63) is 0 Å². The SMILES string of the molecule is CC(I)C(=O)C1NCCC1C(C)C. The van der Waals surface area contributed by atoms with E-state index in [0.717, 1.165) is 13.0 Å². The van der Waals surface area contributed by atoms with Crippen LogP contribution in [-0.4, -0.2) is 22.3 Å². The van der Waals surface area contributed by atoms with Crippen LogP contribution < -0.4 is 5.32 Å². The second-order valence-corrected chi connectivity index (χ2v) is 6.02. The van der Waals surface area contributed by atoms with Crippen molar-refractivity contribution in [3.63, 3.8) is 0 Å². The first-order valence-corrected chi connectivity index (χ1v) is 6.19. The maximum Gasteiger partial charge on any atom is 0.162 e. The van der Waals surface area contributed by atoms with Gasteiger partial charge in [-0.15, -0.1) is 0 Å². The molecule has 1 N–H and O–H groups in total. The first kappa shape index (κ1) is 11.4. The summed E-state index contributed by atoms with van der Waals surface area (Å²) in [6.45, 7) is 7.38. The van der Waals surface area contributed by atoms with Crippen molar-refractivity contribution < 1.29 is 4.79 Å². The van der Waals surface area contributed by atoms with E-state index in [0.29, 0.717) is 17.6 Å². The van der Waals surface area contributed by atoms with Crippen molar-refractivity contribution in [3.8, 4) is 0 Å². The Kier molecular flexibility index (Phi) is 4.16. The predicted octanol–water partition coefficient (Wildman–Crippen LogP) is 2.01. The second kappa shape index (κ2) is 4.73. The molecule has 0 aromatic rings. The number of alkyl halides is 1. The zero-order chi connectivity index (χ0) is 10.0. The molecule has 3 heteroatoms. The maximum atomic E-state index is 11.8. The zero-order valence-corrected chi connectivity index (χ0v) is 10.7. The minimum atomic E-state index is 0.117. The minimum absolute atomic E-state index is 0.117. The van der Waals surface area contributed by atoms with Crippen molar-refractivity contribution in [2.24, 2.45) is 11.8 Å². The molecule has 1 aliphatic rings. The zero-order valence-electron chi connectivity index (χ0n) is 8.51. The number of rotatable bonds is 3. The molecule has 1 aliphatic heterocycles. The van der Waals surface area contributed by atoms with E-state index in [1.807, 2.05) is 6.92 Å². The molecule has 3 unspecified atom stereocenters. The van der Waals surface area contributed by atoms with E-state index < -0.39 is 0 Å². The first-order chi connectivity index (χ1) is 6.04. The van der Waals surface area contributed by atoms with Gasteiger partial charge in [0.1, 0.15) is 0 Å². The highest BCUT2D eigenvalue weighted by molar-refractivity contribution is 14.1. The number of carbonyl (C=O) groups excluding carboxylic acids is 1. The van der Waals surface area contributed by atoms with Crippen LogP contribution >= 0.6 is 22.6 Å². The Morgan fingerprint density at radius 2 is 2.08 bits per heavy atom. The van der Waals surface area contributed by atoms with Crippen LogP contribution in [0.5, 0.6) is 0 Å². The first-order valence-electron chi connectivity index (χ1n) is 4.95. The fraction of sp³-hybridized carbons (Fsp3) is 0.900. The number of ketones is 1. The van der Waals surface area contributed by atoms with Crippen LogP contribution in [0.25, 0.3) is 0 Å². The van der Waals surface area contributed by atoms with E-state index in [-0.39, 0.29) is 9.97 Å². The van der Waals surface area contributed by atoms with Crippen LogP contribution in [-0.2, 0) is 4.79 Å². The summed E-state index contributed by atoms with van der Waals surface area (Å²) in [4.78, 5) is 11.8. The van der Waals surface area contributed by atoms with Crippen LogP contribution in [0.4, 0.5) is 0 Å². The van der Waals surface area contributed by atoms with Gasteiger partial charge in [-0.25, -0.2) is 0 Å². The van der Waals surface area contributed by atoms with Gasteiger partial charge in [0, 0.05) is 0 Å². The highest BCUT2D eigenvalue weighted by Gasteiger charge is 2.35. The van der Waals surface area contributed by atoms with Crippen molar-refractivity contribution >= 4 is 28.4 Å². The topological polar surface area (TPSA) is 29.1 Å². The number of nitrogens with one attached hydrogen (secondary N) is 1. The van der Waals surface area contributed by atoms with Gasteiger partial charge < -0.3 is 5.32 Å². The van der Waals surface area contributed by atoms with Crippen molar-refractivity contribution in [2.75, 3.05) is 6.54 Å². The molecule has 0 saturated carbocycles. The Labute approximate surface area is 94.0 Å². The molecule has 3 atom stereocenters. The van der Waals surface area contributed by atoms with E-state index in [4.69, 9.17) is 0 Å². The lowest BCUT2D eigenvalue weighted by Crippen LogP contribution is -2.40. The number of Topliss-reactive ketones (excluding diaryl/α,β-unsaturated/α-hetero) is 1. The molecule has 13 heavy (non-hydrogen) atoms. The number of hydrogen-bond donors (Lipinski definition) is 1. The lowest BCUT2D eigenvalue weighted by Gasteiger charge is -2.22. The molecular formula is C10H18INO. The fourth-order valence-electron chi connectivity index (χ4n) is 2.00. The molecule has 0 aliphatic carbocycles. The average Bonchev–Trinajstić information content (AvgIpc) is 2.50. The minimum Gasteiger partial charge on any atom is -0.307 e. The Morgan fingerprint density at radius 3 is 2.54 bits per heavy atom. The van der Waals surface area contributed by atoms with E-state index in [1.54, 1.807) is 0 Å². The lowest BCUT2D eigenvalue weighted by atomic mass is 9.86. The van der Waals surface area contributed by atoms with E-state index in [9.17, 15) is 4.79 Å². The average molecular weight is 295 g/mol. The molecule has 0 radical (unpaired) electrons. The molecule has 1 saturated heterocycles. The second-order valence-electron chi connectivity index (χ2n) is 4.15. The van der Waals surface area contributed by atoms with Gasteiger partial charge >= 0.3 is 0 Å². The summed E-state index contributed by atoms with van der Waals surface area (Å²) in [7, 11) is 0. The summed E-state index contributed by atoms with van der Waals surface area (Å²) < 4.78 is 0.134. The summed E-state index contributed by atoms with van der Waals surface area (Å²) >= 11 is 2.20. The molecule has 2 nitrogen and oxygen atoms in total. The van der Waals surface area contributed by atoms with Gasteiger partial charge in [-0.05, 0) is 31.7 Å². The summed E-state index contributed by atoms with van der Waals surface area (Å²) in [5.74, 6) is 1.53. The molecule has 0 spiro atoms. The van der Waals surface area contributed by atoms with Gasteiger partial charge in [-0.2, -0.15) is 0 Å². The monoisotopic (exact) mass is 295 g/mol. The maximum absolute atomic E-state index is 11.8. The molecule has 0 bridgehead atoms. The van der Waals surface area contributed by atoms with Crippen molar-refractivity contribution in [1.82, 2.24) is 5.32 Å². The Morgan fingerprint density at radius 1 is 1.46 bits per heavy atom. The normalized spacial score (nSPS) is 30.8. The fourth-order valence-corrected chi connectivity index (χ4v) is 2.39. The van der Waals surface area contributed by atoms with Crippen molar-refractivity contribution in [2.45, 2.75) is 37.2 Å². The Bertz CT molecular complexity index is 191. The van der Waals surface area contributed by atoms with E-state index in [2.05, 4.69) is 41.8 Å². The van der Waals surface area contributed by atoms with Crippen LogP contribution in [0.15, 0.2) is 0 Å². The van der Waals surface area contributed by atoms with Gasteiger partial charge in [-0.3, -0.25) is 4.79 Å². The molecule has 76 valence electrons. The summed E-state index contributed by atoms with van der Waals surface area (Å²) in [6, 6.07) is 0.117. The third-order valence-electron chi connectivity index (χ3n) is 2.82. The van der Waals surface area contributed by atoms with Crippen LogP contribution in [0.2, 0.25) is 0 Å². The molecule has 0 aromatic carbocycles. The van der Waals surface area contributed by atoms with Crippen LogP contribution in [0, 0.1) is 11.8 Å². The number of halogens is 1. The highest BCUT2D eigenvalue weighted by atomic mass is 127. The van der Waals surface area contributed by atoms with E-state index >= 15 is 0 Å². The lowest BCUT2D eigenvalue weighted by molar-refractivity contribution is -0.120. The van der Waals surface area contributed by atoms with E-state index in [1.165, 1.54) is 0 Å². The molecule has 1 fully saturated rings. The molecule has 1 rings (SSSR count). The Hall–Kier alpha value is 0.360. The van der Waals surface area contributed by atoms with Gasteiger partial charge in [0.2, 0.25) is 0 Å². The molecule has 0 amide bonds. The smallest absolute Gasteiger partial charge is 0.162 e. The molecular weight excluding hydrogens is 277 g/mol. The van der Waals surface area contributed by atoms with Gasteiger partial charge in [-0.1, -0.05) is 36.4 Å². The molecule has 1 heterocycles. The highest BCUT2D eigenvalue weighted by Crippen LogP contribution is 2.26. The number of hydrogen-bond acceptors (Lipinski definition) is 2. The standard InChI is InChI=1S/C10H18INO/c1-6(2)8-4-5-12-9(8)10(13)7(3)11/h6-9,12H,4-5H2,1-3H3. The van der Waals surface area contributed by atoms with Crippen LogP contribution in [0.3, 0.4) is 0 Å². The van der Waals surface area contributed by atoms with Crippen LogP contribution in [0.1, 0.15) is 27.2 Å². The van der Waals surface area contributed by atoms with Gasteiger partial charge in [0.25, 0.3) is 0 Å². The summed E-state index contributed by atoms with van der Waals surface area (Å²) in [6.07, 6.45) is 1.15. The summed E-state index contributed by atoms with van der Waals surface area (Å²) in [5, 5.41) is 3.31.